The summed E-state index contributed by atoms with van der Waals surface area (Å²) in [4.78, 5) is 26.3. The number of morpholine rings is 1. The average molecular weight is 459 g/mol. The smallest absolute Gasteiger partial charge is 0.416 e. The molecule has 0 saturated carbocycles. The number of nitriles is 1. The molecular weight excluding hydrogens is 439 g/mol. The van der Waals surface area contributed by atoms with Gasteiger partial charge in [-0.25, -0.2) is 4.79 Å². The number of amides is 1. The highest BCUT2D eigenvalue weighted by Crippen LogP contribution is 2.35. The largest absolute Gasteiger partial charge is 0.451 e. The van der Waals surface area contributed by atoms with Gasteiger partial charge in [0.25, 0.3) is 5.91 Å². The minimum atomic E-state index is -4.60. The molecule has 3 rings (SSSR count). The number of nitrogens with one attached hydrogen (secondary N) is 1. The van der Waals surface area contributed by atoms with Gasteiger partial charge < -0.3 is 19.7 Å². The number of carbonyl (C=O) groups is 2. The van der Waals surface area contributed by atoms with Crippen molar-refractivity contribution in [1.29, 1.82) is 5.26 Å². The van der Waals surface area contributed by atoms with E-state index in [2.05, 4.69) is 5.32 Å². The quantitative estimate of drug-likeness (QED) is 0.403. The molecule has 172 valence electrons. The van der Waals surface area contributed by atoms with Gasteiger partial charge in [-0.1, -0.05) is 30.3 Å². The molecule has 7 nitrogen and oxygen atoms in total. The number of benzene rings is 2. The molecule has 0 spiro atoms. The highest BCUT2D eigenvalue weighted by molar-refractivity contribution is 6.01. The molecule has 2 aromatic rings. The Morgan fingerprint density at radius 2 is 1.85 bits per heavy atom. The van der Waals surface area contributed by atoms with Crippen LogP contribution >= 0.6 is 0 Å². The number of ether oxygens (including phenoxy) is 2. The van der Waals surface area contributed by atoms with E-state index < -0.39 is 30.2 Å². The zero-order chi connectivity index (χ0) is 23.8. The van der Waals surface area contributed by atoms with E-state index in [-0.39, 0.29) is 11.3 Å². The van der Waals surface area contributed by atoms with Gasteiger partial charge >= 0.3 is 12.1 Å². The van der Waals surface area contributed by atoms with E-state index in [1.807, 2.05) is 0 Å². The van der Waals surface area contributed by atoms with E-state index in [1.54, 1.807) is 41.3 Å². The van der Waals surface area contributed by atoms with Crippen molar-refractivity contribution < 1.29 is 32.2 Å². The lowest BCUT2D eigenvalue weighted by molar-refractivity contribution is -0.142. The van der Waals surface area contributed by atoms with Crippen LogP contribution < -0.4 is 10.2 Å². The molecular formula is C23H20F3N3O4. The van der Waals surface area contributed by atoms with Crippen molar-refractivity contribution in [1.82, 2.24) is 0 Å². The van der Waals surface area contributed by atoms with Gasteiger partial charge in [0.2, 0.25) is 0 Å². The normalized spacial score (nSPS) is 14.4. The fourth-order valence-electron chi connectivity index (χ4n) is 3.14. The Balaban J connectivity index is 1.71. The fourth-order valence-corrected chi connectivity index (χ4v) is 3.14. The van der Waals surface area contributed by atoms with Gasteiger partial charge in [0.1, 0.15) is 11.6 Å². The van der Waals surface area contributed by atoms with Crippen LogP contribution in [-0.2, 0) is 25.2 Å². The third kappa shape index (κ3) is 6.57. The Kier molecular flexibility index (Phi) is 7.69. The highest BCUT2D eigenvalue weighted by Gasteiger charge is 2.32. The van der Waals surface area contributed by atoms with Crippen molar-refractivity contribution in [2.75, 3.05) is 43.1 Å². The number of esters is 1. The van der Waals surface area contributed by atoms with E-state index in [4.69, 9.17) is 9.47 Å². The van der Waals surface area contributed by atoms with Crippen LogP contribution in [0.1, 0.15) is 11.1 Å². The summed E-state index contributed by atoms with van der Waals surface area (Å²) >= 11 is 0. The predicted molar refractivity (Wildman–Crippen MR) is 114 cm³/mol. The summed E-state index contributed by atoms with van der Waals surface area (Å²) in [6.45, 7) is 0.914. The third-order valence-electron chi connectivity index (χ3n) is 4.74. The topological polar surface area (TPSA) is 91.7 Å². The van der Waals surface area contributed by atoms with Crippen molar-refractivity contribution in [3.63, 3.8) is 0 Å². The molecule has 1 saturated heterocycles. The average Bonchev–Trinajstić information content (AvgIpc) is 2.81. The second-order valence-corrected chi connectivity index (χ2v) is 7.03. The number of halogens is 3. The molecule has 10 heteroatoms. The standard InChI is InChI=1S/C23H20F3N3O4/c24-23(25,26)18-6-7-20(29-8-10-32-11-9-29)19(13-18)28-21(30)15-33-22(31)17(14-27)12-16-4-2-1-3-5-16/h1-7,12-13H,8-11,15H2,(H,28,30)/b17-12-. The molecule has 1 heterocycles. The lowest BCUT2D eigenvalue weighted by atomic mass is 10.1. The van der Waals surface area contributed by atoms with Crippen molar-refractivity contribution in [3.05, 3.63) is 65.2 Å². The summed E-state index contributed by atoms with van der Waals surface area (Å²) in [7, 11) is 0. The molecule has 2 aromatic carbocycles. The summed E-state index contributed by atoms with van der Waals surface area (Å²) in [6, 6.07) is 13.3. The number of rotatable bonds is 6. The predicted octanol–water partition coefficient (Wildman–Crippen LogP) is 3.63. The summed E-state index contributed by atoms with van der Waals surface area (Å²) in [5.74, 6) is -1.86. The second kappa shape index (κ2) is 10.7. The zero-order valence-corrected chi connectivity index (χ0v) is 17.4. The second-order valence-electron chi connectivity index (χ2n) is 7.03. The van der Waals surface area contributed by atoms with E-state index >= 15 is 0 Å². The molecule has 1 aliphatic rings. The van der Waals surface area contributed by atoms with E-state index in [9.17, 15) is 28.0 Å². The maximum atomic E-state index is 13.2. The van der Waals surface area contributed by atoms with E-state index in [0.29, 0.717) is 37.6 Å². The summed E-state index contributed by atoms with van der Waals surface area (Å²) in [6.07, 6.45) is -3.29. The molecule has 0 aliphatic carbocycles. The van der Waals surface area contributed by atoms with E-state index in [0.717, 1.165) is 12.1 Å². The Bertz CT molecular complexity index is 1070. The van der Waals surface area contributed by atoms with Crippen LogP contribution in [0.2, 0.25) is 0 Å². The minimum absolute atomic E-state index is 0.0619. The van der Waals surface area contributed by atoms with Gasteiger partial charge in [-0.15, -0.1) is 0 Å². The molecule has 0 aromatic heterocycles. The van der Waals surface area contributed by atoms with Gasteiger partial charge in [0, 0.05) is 13.1 Å². The molecule has 1 N–H and O–H groups in total. The monoisotopic (exact) mass is 459 g/mol. The van der Waals surface area contributed by atoms with Gasteiger partial charge in [0.15, 0.2) is 6.61 Å². The van der Waals surface area contributed by atoms with Gasteiger partial charge in [-0.3, -0.25) is 4.79 Å². The molecule has 1 fully saturated rings. The molecule has 33 heavy (non-hydrogen) atoms. The highest BCUT2D eigenvalue weighted by atomic mass is 19.4. The Morgan fingerprint density at radius 3 is 2.48 bits per heavy atom. The Morgan fingerprint density at radius 1 is 1.15 bits per heavy atom. The number of anilines is 2. The number of nitrogens with zero attached hydrogens (tertiary/aromatic N) is 2. The summed E-state index contributed by atoms with van der Waals surface area (Å²) in [5, 5.41) is 11.6. The maximum absolute atomic E-state index is 13.2. The van der Waals surface area contributed by atoms with Crippen molar-refractivity contribution in [2.24, 2.45) is 0 Å². The number of alkyl halides is 3. The first-order valence-corrected chi connectivity index (χ1v) is 9.95. The first-order valence-electron chi connectivity index (χ1n) is 9.95. The van der Waals surface area contributed by atoms with Crippen LogP contribution in [0.25, 0.3) is 6.08 Å². The Hall–Kier alpha value is -3.84. The zero-order valence-electron chi connectivity index (χ0n) is 17.4. The third-order valence-corrected chi connectivity index (χ3v) is 4.74. The fraction of sp³-hybridized carbons (Fsp3) is 0.261. The molecule has 1 aliphatic heterocycles. The molecule has 0 unspecified atom stereocenters. The van der Waals surface area contributed by atoms with Crippen molar-refractivity contribution in [2.45, 2.75) is 6.18 Å². The number of carbonyl (C=O) groups excluding carboxylic acids is 2. The first kappa shape index (κ1) is 23.8. The van der Waals surface area contributed by atoms with Crippen LogP contribution in [0.4, 0.5) is 24.5 Å². The number of hydrogen-bond donors (Lipinski definition) is 1. The lowest BCUT2D eigenvalue weighted by Crippen LogP contribution is -2.37. The Labute approximate surface area is 188 Å². The van der Waals surface area contributed by atoms with Crippen LogP contribution in [-0.4, -0.2) is 44.8 Å². The van der Waals surface area contributed by atoms with E-state index in [1.165, 1.54) is 12.1 Å². The lowest BCUT2D eigenvalue weighted by Gasteiger charge is -2.31. The maximum Gasteiger partial charge on any atom is 0.416 e. The minimum Gasteiger partial charge on any atom is -0.451 e. The van der Waals surface area contributed by atoms with Gasteiger partial charge in [0.05, 0.1) is 30.2 Å². The molecule has 0 radical (unpaired) electrons. The first-order chi connectivity index (χ1) is 15.8. The van der Waals surface area contributed by atoms with Crippen LogP contribution in [0.5, 0.6) is 0 Å². The van der Waals surface area contributed by atoms with Gasteiger partial charge in [-0.2, -0.15) is 18.4 Å². The van der Waals surface area contributed by atoms with Crippen LogP contribution in [0.3, 0.4) is 0 Å². The SMILES string of the molecule is N#C/C(=C/c1ccccc1)C(=O)OCC(=O)Nc1cc(C(F)(F)F)ccc1N1CCOCC1. The van der Waals surface area contributed by atoms with Gasteiger partial charge in [-0.05, 0) is 29.8 Å². The van der Waals surface area contributed by atoms with Crippen molar-refractivity contribution >= 4 is 29.3 Å². The van der Waals surface area contributed by atoms with Crippen LogP contribution in [0, 0.1) is 11.3 Å². The van der Waals surface area contributed by atoms with Crippen LogP contribution in [0.15, 0.2) is 54.1 Å². The summed E-state index contributed by atoms with van der Waals surface area (Å²) in [5.41, 5.74) is -0.318. The number of hydrogen-bond acceptors (Lipinski definition) is 6. The summed E-state index contributed by atoms with van der Waals surface area (Å²) < 4.78 is 49.7. The molecule has 0 bridgehead atoms. The molecule has 1 amide bonds. The van der Waals surface area contributed by atoms with Crippen molar-refractivity contribution in [3.8, 4) is 6.07 Å². The molecule has 0 atom stereocenters.